The fraction of sp³-hybridized carbons (Fsp3) is 0.318. The van der Waals surface area contributed by atoms with Gasteiger partial charge in [0, 0.05) is 25.9 Å². The highest BCUT2D eigenvalue weighted by Gasteiger charge is 2.33. The summed E-state index contributed by atoms with van der Waals surface area (Å²) in [6.07, 6.45) is 3.14. The molecule has 1 aliphatic rings. The van der Waals surface area contributed by atoms with E-state index in [2.05, 4.69) is 68.5 Å². The van der Waals surface area contributed by atoms with Crippen LogP contribution < -0.4 is 0 Å². The predicted molar refractivity (Wildman–Crippen MR) is 100 cm³/mol. The second-order valence-corrected chi connectivity index (χ2v) is 7.06. The summed E-state index contributed by atoms with van der Waals surface area (Å²) >= 11 is 0. The van der Waals surface area contributed by atoms with Gasteiger partial charge in [0.15, 0.2) is 0 Å². The fourth-order valence-electron chi connectivity index (χ4n) is 3.60. The normalized spacial score (nSPS) is 14.6. The summed E-state index contributed by atoms with van der Waals surface area (Å²) < 4.78 is 0. The van der Waals surface area contributed by atoms with E-state index in [1.165, 1.54) is 27.8 Å². The van der Waals surface area contributed by atoms with Gasteiger partial charge >= 0.3 is 0 Å². The number of hydrogen-bond donors (Lipinski definition) is 0. The molecular weight excluding hydrogens is 294 g/mol. The minimum atomic E-state index is 0.000697. The Morgan fingerprint density at radius 3 is 2.00 bits per heavy atom. The molecule has 2 nitrogen and oxygen atoms in total. The lowest BCUT2D eigenvalue weighted by Gasteiger charge is -2.36. The van der Waals surface area contributed by atoms with Crippen molar-refractivity contribution in [3.8, 4) is 0 Å². The quantitative estimate of drug-likeness (QED) is 0.808. The summed E-state index contributed by atoms with van der Waals surface area (Å²) in [7, 11) is 1.85. The second kappa shape index (κ2) is 6.27. The number of carbonyl (C=O) groups excluding carboxylic acids is 1. The highest BCUT2D eigenvalue weighted by Crippen LogP contribution is 2.46. The van der Waals surface area contributed by atoms with Crippen LogP contribution in [0.3, 0.4) is 0 Å². The Morgan fingerprint density at radius 1 is 1.00 bits per heavy atom. The van der Waals surface area contributed by atoms with Gasteiger partial charge < -0.3 is 4.90 Å². The SMILES string of the molecule is CC(=O)N(C)CCC=C1c2ccccc2C(C)(C)c2ccccc21. The zero-order valence-electron chi connectivity index (χ0n) is 15.0. The van der Waals surface area contributed by atoms with Crippen LogP contribution in [0.4, 0.5) is 0 Å². The fourth-order valence-corrected chi connectivity index (χ4v) is 3.60. The second-order valence-electron chi connectivity index (χ2n) is 7.06. The number of amides is 1. The molecule has 2 aromatic carbocycles. The number of nitrogens with zero attached hydrogens (tertiary/aromatic N) is 1. The molecule has 0 radical (unpaired) electrons. The van der Waals surface area contributed by atoms with Crippen LogP contribution in [-0.4, -0.2) is 24.4 Å². The standard InChI is InChI=1S/C22H25NO/c1-16(24)23(4)15-9-12-17-18-10-5-7-13-20(18)22(2,3)21-14-8-6-11-19(17)21/h5-8,10-14H,9,15H2,1-4H3. The van der Waals surface area contributed by atoms with E-state index in [1.54, 1.807) is 11.8 Å². The first-order valence-corrected chi connectivity index (χ1v) is 8.54. The molecule has 0 unspecified atom stereocenters. The average Bonchev–Trinajstić information content (AvgIpc) is 2.58. The van der Waals surface area contributed by atoms with Crippen LogP contribution in [0.2, 0.25) is 0 Å². The van der Waals surface area contributed by atoms with Gasteiger partial charge in [-0.2, -0.15) is 0 Å². The molecule has 24 heavy (non-hydrogen) atoms. The van der Waals surface area contributed by atoms with Crippen LogP contribution in [0.15, 0.2) is 54.6 Å². The summed E-state index contributed by atoms with van der Waals surface area (Å²) in [6, 6.07) is 17.4. The number of rotatable bonds is 3. The van der Waals surface area contributed by atoms with Crippen LogP contribution >= 0.6 is 0 Å². The third-order valence-corrected chi connectivity index (χ3v) is 5.13. The van der Waals surface area contributed by atoms with E-state index < -0.39 is 0 Å². The van der Waals surface area contributed by atoms with Crippen molar-refractivity contribution in [2.45, 2.75) is 32.6 Å². The highest BCUT2D eigenvalue weighted by molar-refractivity contribution is 5.87. The van der Waals surface area contributed by atoms with Crippen molar-refractivity contribution in [2.24, 2.45) is 0 Å². The van der Waals surface area contributed by atoms with Gasteiger partial charge in [-0.1, -0.05) is 68.5 Å². The average molecular weight is 319 g/mol. The van der Waals surface area contributed by atoms with Crippen LogP contribution in [0.5, 0.6) is 0 Å². The van der Waals surface area contributed by atoms with E-state index in [0.717, 1.165) is 13.0 Å². The monoisotopic (exact) mass is 319 g/mol. The maximum absolute atomic E-state index is 11.4. The van der Waals surface area contributed by atoms with Crippen molar-refractivity contribution >= 4 is 11.5 Å². The Kier molecular flexibility index (Phi) is 4.31. The van der Waals surface area contributed by atoms with Crippen LogP contribution in [-0.2, 0) is 10.2 Å². The molecule has 2 heteroatoms. The molecular formula is C22H25NO. The van der Waals surface area contributed by atoms with Crippen molar-refractivity contribution in [1.29, 1.82) is 0 Å². The lowest BCUT2D eigenvalue weighted by molar-refractivity contribution is -0.127. The number of hydrogen-bond acceptors (Lipinski definition) is 1. The van der Waals surface area contributed by atoms with Gasteiger partial charge in [-0.05, 0) is 34.2 Å². The van der Waals surface area contributed by atoms with E-state index in [9.17, 15) is 4.79 Å². The smallest absolute Gasteiger partial charge is 0.219 e. The lowest BCUT2D eigenvalue weighted by Crippen LogP contribution is -2.27. The Labute approximate surface area is 144 Å². The van der Waals surface area contributed by atoms with Crippen molar-refractivity contribution in [3.05, 3.63) is 76.9 Å². The molecule has 0 aliphatic heterocycles. The minimum absolute atomic E-state index is 0.000697. The van der Waals surface area contributed by atoms with Crippen molar-refractivity contribution < 1.29 is 4.79 Å². The van der Waals surface area contributed by atoms with Crippen LogP contribution in [0.25, 0.3) is 5.57 Å². The predicted octanol–water partition coefficient (Wildman–Crippen LogP) is 4.63. The lowest BCUT2D eigenvalue weighted by atomic mass is 9.67. The zero-order chi connectivity index (χ0) is 17.3. The number of carbonyl (C=O) groups is 1. The summed E-state index contributed by atoms with van der Waals surface area (Å²) in [5.74, 6) is 0.110. The van der Waals surface area contributed by atoms with Crippen molar-refractivity contribution in [3.63, 3.8) is 0 Å². The third-order valence-electron chi connectivity index (χ3n) is 5.13. The number of benzene rings is 2. The molecule has 0 bridgehead atoms. The maximum Gasteiger partial charge on any atom is 0.219 e. The van der Waals surface area contributed by atoms with Gasteiger partial charge in [0.05, 0.1) is 0 Å². The largest absolute Gasteiger partial charge is 0.346 e. The summed E-state index contributed by atoms with van der Waals surface area (Å²) in [5.41, 5.74) is 6.65. The first kappa shape index (κ1) is 16.5. The van der Waals surface area contributed by atoms with Gasteiger partial charge in [0.25, 0.3) is 0 Å². The molecule has 124 valence electrons. The molecule has 1 amide bonds. The minimum Gasteiger partial charge on any atom is -0.346 e. The van der Waals surface area contributed by atoms with Gasteiger partial charge in [-0.15, -0.1) is 0 Å². The molecule has 2 aromatic rings. The highest BCUT2D eigenvalue weighted by atomic mass is 16.2. The topological polar surface area (TPSA) is 20.3 Å². The summed E-state index contributed by atoms with van der Waals surface area (Å²) in [6.45, 7) is 6.95. The summed E-state index contributed by atoms with van der Waals surface area (Å²) in [4.78, 5) is 13.2. The van der Waals surface area contributed by atoms with Gasteiger partial charge in [-0.25, -0.2) is 0 Å². The van der Waals surface area contributed by atoms with Crippen LogP contribution in [0, 0.1) is 0 Å². The molecule has 0 N–H and O–H groups in total. The molecule has 0 spiro atoms. The van der Waals surface area contributed by atoms with E-state index in [1.807, 2.05) is 7.05 Å². The molecule has 0 saturated heterocycles. The van der Waals surface area contributed by atoms with E-state index >= 15 is 0 Å². The Hall–Kier alpha value is -2.35. The van der Waals surface area contributed by atoms with E-state index in [4.69, 9.17) is 0 Å². The molecule has 0 atom stereocenters. The molecule has 0 fully saturated rings. The van der Waals surface area contributed by atoms with E-state index in [-0.39, 0.29) is 11.3 Å². The Balaban J connectivity index is 2.06. The van der Waals surface area contributed by atoms with Crippen molar-refractivity contribution in [2.75, 3.05) is 13.6 Å². The third kappa shape index (κ3) is 2.77. The van der Waals surface area contributed by atoms with Gasteiger partial charge in [-0.3, -0.25) is 4.79 Å². The first-order chi connectivity index (χ1) is 11.4. The van der Waals surface area contributed by atoms with E-state index in [0.29, 0.717) is 0 Å². The molecule has 0 saturated carbocycles. The van der Waals surface area contributed by atoms with Gasteiger partial charge in [0.1, 0.15) is 0 Å². The van der Waals surface area contributed by atoms with Crippen LogP contribution in [0.1, 0.15) is 49.4 Å². The maximum atomic E-state index is 11.4. The van der Waals surface area contributed by atoms with Crippen molar-refractivity contribution in [1.82, 2.24) is 4.90 Å². The first-order valence-electron chi connectivity index (χ1n) is 8.54. The molecule has 3 rings (SSSR count). The molecule has 1 aliphatic carbocycles. The molecule has 0 heterocycles. The zero-order valence-corrected chi connectivity index (χ0v) is 15.0. The van der Waals surface area contributed by atoms with Gasteiger partial charge in [0.2, 0.25) is 5.91 Å². The summed E-state index contributed by atoms with van der Waals surface area (Å²) in [5, 5.41) is 0. The number of fused-ring (bicyclic) bond motifs is 2. The Morgan fingerprint density at radius 2 is 1.50 bits per heavy atom. The molecule has 0 aromatic heterocycles. The Bertz CT molecular complexity index is 750.